The fourth-order valence-corrected chi connectivity index (χ4v) is 5.60. The van der Waals surface area contributed by atoms with Gasteiger partial charge in [-0.05, 0) is 24.1 Å². The molecule has 0 amide bonds. The lowest BCUT2D eigenvalue weighted by molar-refractivity contribution is 0.204. The third-order valence-corrected chi connectivity index (χ3v) is 7.09. The summed E-state index contributed by atoms with van der Waals surface area (Å²) in [6.45, 7) is 4.20. The van der Waals surface area contributed by atoms with Gasteiger partial charge in [0, 0.05) is 18.2 Å². The Hall–Kier alpha value is -1.71. The van der Waals surface area contributed by atoms with E-state index in [4.69, 9.17) is 0 Å². The molecule has 2 atom stereocenters. The van der Waals surface area contributed by atoms with Gasteiger partial charge in [0.05, 0.1) is 17.6 Å². The Labute approximate surface area is 156 Å². The highest BCUT2D eigenvalue weighted by atomic mass is 32.2. The summed E-state index contributed by atoms with van der Waals surface area (Å²) in [5, 5.41) is 19.2. The summed E-state index contributed by atoms with van der Waals surface area (Å²) in [6.07, 6.45) is 1.47. The minimum atomic E-state index is -3.02. The summed E-state index contributed by atoms with van der Waals surface area (Å²) >= 11 is 1.32. The van der Waals surface area contributed by atoms with Gasteiger partial charge in [0.25, 0.3) is 0 Å². The number of sulfone groups is 1. The molecule has 3 rings (SSSR count). The number of aliphatic hydroxyl groups excluding tert-OH is 1. The second kappa shape index (κ2) is 7.89. The molecule has 0 aliphatic carbocycles. The first-order valence-corrected chi connectivity index (χ1v) is 11.0. The second-order valence-corrected chi connectivity index (χ2v) is 9.43. The summed E-state index contributed by atoms with van der Waals surface area (Å²) in [5.41, 5.74) is 0.621. The Balaban J connectivity index is 1.73. The summed E-state index contributed by atoms with van der Waals surface area (Å²) in [7, 11) is -3.02. The van der Waals surface area contributed by atoms with Crippen LogP contribution >= 0.6 is 11.8 Å². The van der Waals surface area contributed by atoms with Gasteiger partial charge in [-0.2, -0.15) is 0 Å². The summed E-state index contributed by atoms with van der Waals surface area (Å²) in [6, 6.07) is 5.71. The lowest BCUT2D eigenvalue weighted by Crippen LogP contribution is -2.11. The van der Waals surface area contributed by atoms with E-state index in [2.05, 4.69) is 16.8 Å². The maximum atomic E-state index is 13.0. The average Bonchev–Trinajstić information content (AvgIpc) is 3.16. The minimum absolute atomic E-state index is 0.0884. The van der Waals surface area contributed by atoms with Gasteiger partial charge in [0.2, 0.25) is 0 Å². The number of hydrogen-bond acceptors (Lipinski definition) is 6. The van der Waals surface area contributed by atoms with Gasteiger partial charge >= 0.3 is 0 Å². The molecular weight excluding hydrogens is 377 g/mol. The van der Waals surface area contributed by atoms with Gasteiger partial charge < -0.3 is 9.67 Å². The van der Waals surface area contributed by atoms with Crippen LogP contribution in [0.25, 0.3) is 0 Å². The van der Waals surface area contributed by atoms with Crippen molar-refractivity contribution in [3.8, 4) is 0 Å². The number of rotatable bonds is 7. The molecule has 1 N–H and O–H groups in total. The maximum absolute atomic E-state index is 13.0. The number of halogens is 1. The standard InChI is InChI=1S/C17H20FN3O3S2/c1-2-8-21-16(13-7-9-26(23,24)11-13)19-20-17(21)25-10-15(22)12-3-5-14(18)6-4-12/h2-6,13,15,22H,1,7-11H2/t13-,15-/m0/s1. The first-order valence-electron chi connectivity index (χ1n) is 8.20. The second-order valence-electron chi connectivity index (χ2n) is 6.22. The Kier molecular flexibility index (Phi) is 5.79. The van der Waals surface area contributed by atoms with Crippen molar-refractivity contribution in [1.82, 2.24) is 14.8 Å². The fraction of sp³-hybridized carbons (Fsp3) is 0.412. The fourth-order valence-electron chi connectivity index (χ4n) is 2.94. The minimum Gasteiger partial charge on any atom is -0.388 e. The molecule has 2 aromatic rings. The van der Waals surface area contributed by atoms with E-state index in [0.29, 0.717) is 35.3 Å². The van der Waals surface area contributed by atoms with Crippen LogP contribution in [-0.2, 0) is 16.4 Å². The molecule has 0 radical (unpaired) electrons. The molecule has 6 nitrogen and oxygen atoms in total. The van der Waals surface area contributed by atoms with Crippen LogP contribution in [0.4, 0.5) is 4.39 Å². The molecular formula is C17H20FN3O3S2. The van der Waals surface area contributed by atoms with E-state index in [9.17, 15) is 17.9 Å². The molecule has 0 spiro atoms. The van der Waals surface area contributed by atoms with Gasteiger partial charge in [-0.25, -0.2) is 12.8 Å². The number of hydrogen-bond donors (Lipinski definition) is 1. The summed E-state index contributed by atoms with van der Waals surface area (Å²) in [4.78, 5) is 0. The zero-order valence-electron chi connectivity index (χ0n) is 14.1. The van der Waals surface area contributed by atoms with Crippen LogP contribution in [0.15, 0.2) is 42.1 Å². The van der Waals surface area contributed by atoms with E-state index in [0.717, 1.165) is 0 Å². The molecule has 0 bridgehead atoms. The van der Waals surface area contributed by atoms with Crippen molar-refractivity contribution in [2.75, 3.05) is 17.3 Å². The highest BCUT2D eigenvalue weighted by Crippen LogP contribution is 2.31. The molecule has 1 aliphatic rings. The number of thioether (sulfide) groups is 1. The molecule has 9 heteroatoms. The van der Waals surface area contributed by atoms with Crippen LogP contribution in [0.5, 0.6) is 0 Å². The summed E-state index contributed by atoms with van der Waals surface area (Å²) < 4.78 is 38.3. The SMILES string of the molecule is C=CCn1c(SC[C@H](O)c2ccc(F)cc2)nnc1[C@H]1CCS(=O)(=O)C1. The molecule has 26 heavy (non-hydrogen) atoms. The van der Waals surface area contributed by atoms with Crippen LogP contribution < -0.4 is 0 Å². The van der Waals surface area contributed by atoms with E-state index in [1.54, 1.807) is 18.2 Å². The van der Waals surface area contributed by atoms with Crippen molar-refractivity contribution >= 4 is 21.6 Å². The van der Waals surface area contributed by atoms with Crippen LogP contribution in [0.1, 0.15) is 29.8 Å². The predicted molar refractivity (Wildman–Crippen MR) is 98.3 cm³/mol. The van der Waals surface area contributed by atoms with Gasteiger partial charge in [0.1, 0.15) is 11.6 Å². The molecule has 0 saturated carbocycles. The lowest BCUT2D eigenvalue weighted by atomic mass is 10.1. The molecule has 1 aromatic heterocycles. The monoisotopic (exact) mass is 397 g/mol. The molecule has 1 saturated heterocycles. The number of aliphatic hydroxyl groups is 1. The molecule has 2 heterocycles. The van der Waals surface area contributed by atoms with Crippen LogP contribution in [0.2, 0.25) is 0 Å². The highest BCUT2D eigenvalue weighted by molar-refractivity contribution is 7.99. The zero-order chi connectivity index (χ0) is 18.7. The Morgan fingerprint density at radius 2 is 2.12 bits per heavy atom. The quantitative estimate of drug-likeness (QED) is 0.570. The maximum Gasteiger partial charge on any atom is 0.191 e. The summed E-state index contributed by atoms with van der Waals surface area (Å²) in [5.74, 6) is 0.711. The van der Waals surface area contributed by atoms with Crippen molar-refractivity contribution in [3.05, 3.63) is 54.1 Å². The largest absolute Gasteiger partial charge is 0.388 e. The third-order valence-electron chi connectivity index (χ3n) is 4.28. The smallest absolute Gasteiger partial charge is 0.191 e. The van der Waals surface area contributed by atoms with Crippen LogP contribution in [0, 0.1) is 5.82 Å². The first kappa shape index (κ1) is 19.1. The Bertz CT molecular complexity index is 881. The van der Waals surface area contributed by atoms with E-state index in [-0.39, 0.29) is 23.2 Å². The number of benzene rings is 1. The van der Waals surface area contributed by atoms with Crippen molar-refractivity contribution in [1.29, 1.82) is 0 Å². The Morgan fingerprint density at radius 3 is 2.73 bits per heavy atom. The highest BCUT2D eigenvalue weighted by Gasteiger charge is 2.33. The van der Waals surface area contributed by atoms with E-state index >= 15 is 0 Å². The number of allylic oxidation sites excluding steroid dienone is 1. The van der Waals surface area contributed by atoms with E-state index < -0.39 is 15.9 Å². The third kappa shape index (κ3) is 4.33. The first-order chi connectivity index (χ1) is 12.4. The normalized spacial score (nSPS) is 20.2. The molecule has 0 unspecified atom stereocenters. The zero-order valence-corrected chi connectivity index (χ0v) is 15.7. The molecule has 1 aromatic carbocycles. The van der Waals surface area contributed by atoms with Crippen molar-refractivity contribution in [2.24, 2.45) is 0 Å². The van der Waals surface area contributed by atoms with Crippen molar-refractivity contribution in [2.45, 2.75) is 30.1 Å². The number of aromatic nitrogens is 3. The van der Waals surface area contributed by atoms with Crippen LogP contribution in [-0.4, -0.2) is 45.5 Å². The lowest BCUT2D eigenvalue weighted by Gasteiger charge is -2.13. The molecule has 140 valence electrons. The van der Waals surface area contributed by atoms with Gasteiger partial charge in [-0.15, -0.1) is 16.8 Å². The van der Waals surface area contributed by atoms with Crippen molar-refractivity contribution < 1.29 is 17.9 Å². The predicted octanol–water partition coefficient (Wildman–Crippen LogP) is 2.33. The van der Waals surface area contributed by atoms with E-state index in [1.807, 2.05) is 4.57 Å². The molecule has 1 aliphatic heterocycles. The van der Waals surface area contributed by atoms with Crippen molar-refractivity contribution in [3.63, 3.8) is 0 Å². The topological polar surface area (TPSA) is 85.1 Å². The number of nitrogens with zero attached hydrogens (tertiary/aromatic N) is 3. The van der Waals surface area contributed by atoms with E-state index in [1.165, 1.54) is 23.9 Å². The van der Waals surface area contributed by atoms with Gasteiger partial charge in [-0.1, -0.05) is 30.0 Å². The molecule has 1 fully saturated rings. The van der Waals surface area contributed by atoms with Gasteiger partial charge in [0.15, 0.2) is 15.0 Å². The van der Waals surface area contributed by atoms with Gasteiger partial charge in [-0.3, -0.25) is 0 Å². The average molecular weight is 397 g/mol. The Morgan fingerprint density at radius 1 is 1.38 bits per heavy atom. The van der Waals surface area contributed by atoms with Crippen LogP contribution in [0.3, 0.4) is 0 Å².